The summed E-state index contributed by atoms with van der Waals surface area (Å²) in [6.45, 7) is 5.31. The number of esters is 1. The molecule has 1 atom stereocenters. The summed E-state index contributed by atoms with van der Waals surface area (Å²) in [4.78, 5) is 13.4. The lowest BCUT2D eigenvalue weighted by molar-refractivity contribution is -0.890. The number of benzene rings is 1. The number of carbonyl (C=O) groups is 1. The largest absolute Gasteiger partial charge is 0.453 e. The number of halogens is 1. The highest BCUT2D eigenvalue weighted by Crippen LogP contribution is 2.11. The van der Waals surface area contributed by atoms with Gasteiger partial charge in [-0.2, -0.15) is 0 Å². The Morgan fingerprint density at radius 2 is 1.94 bits per heavy atom. The van der Waals surface area contributed by atoms with Crippen LogP contribution in [0.4, 0.5) is 0 Å². The molecule has 2 rings (SSSR count). The Hall–Kier alpha value is -0.870. The number of quaternary nitrogens is 1. The van der Waals surface area contributed by atoms with E-state index in [1.807, 2.05) is 19.1 Å². The summed E-state index contributed by atoms with van der Waals surface area (Å²) in [5, 5.41) is 0. The molecule has 4 heteroatoms. The van der Waals surface area contributed by atoms with Gasteiger partial charge in [0.15, 0.2) is 0 Å². The Balaban J connectivity index is 1.84. The van der Waals surface area contributed by atoms with Crippen LogP contribution in [0.1, 0.15) is 30.1 Å². The van der Waals surface area contributed by atoms with Crippen molar-refractivity contribution >= 4 is 21.9 Å². The second-order valence-electron chi connectivity index (χ2n) is 4.88. The molecule has 1 aromatic rings. The molecule has 0 unspecified atom stereocenters. The molecule has 1 aromatic carbocycles. The van der Waals surface area contributed by atoms with Gasteiger partial charge in [-0.3, -0.25) is 0 Å². The Kier molecular flexibility index (Phi) is 4.78. The molecule has 1 aliphatic heterocycles. The molecule has 1 heterocycles. The van der Waals surface area contributed by atoms with Gasteiger partial charge in [-0.25, -0.2) is 4.79 Å². The van der Waals surface area contributed by atoms with Crippen LogP contribution in [0, 0.1) is 0 Å². The van der Waals surface area contributed by atoms with E-state index >= 15 is 0 Å². The number of hydrogen-bond donors (Lipinski definition) is 1. The van der Waals surface area contributed by atoms with Crippen molar-refractivity contribution in [2.24, 2.45) is 0 Å². The lowest BCUT2D eigenvalue weighted by Gasteiger charge is -2.18. The van der Waals surface area contributed by atoms with E-state index in [-0.39, 0.29) is 12.1 Å². The standard InChI is InChI=1S/C14H18BrNO2/c1-11(10-16-8-2-3-9-16)18-14(17)12-4-6-13(15)7-5-12/h4-7,11H,2-3,8-10H2,1H3/p+1/t11-/m1/s1. The van der Waals surface area contributed by atoms with Gasteiger partial charge in [0.2, 0.25) is 0 Å². The Labute approximate surface area is 116 Å². The predicted octanol–water partition coefficient (Wildman–Crippen LogP) is 1.67. The molecule has 3 nitrogen and oxygen atoms in total. The van der Waals surface area contributed by atoms with Gasteiger partial charge in [0, 0.05) is 17.3 Å². The maximum atomic E-state index is 11.9. The highest BCUT2D eigenvalue weighted by atomic mass is 79.9. The van der Waals surface area contributed by atoms with Crippen molar-refractivity contribution in [3.05, 3.63) is 34.3 Å². The summed E-state index contributed by atoms with van der Waals surface area (Å²) in [5.74, 6) is -0.228. The summed E-state index contributed by atoms with van der Waals surface area (Å²) < 4.78 is 6.43. The highest BCUT2D eigenvalue weighted by molar-refractivity contribution is 9.10. The van der Waals surface area contributed by atoms with Gasteiger partial charge in [0.25, 0.3) is 0 Å². The summed E-state index contributed by atoms with van der Waals surface area (Å²) in [6.07, 6.45) is 2.57. The van der Waals surface area contributed by atoms with E-state index in [1.54, 1.807) is 17.0 Å². The van der Waals surface area contributed by atoms with Crippen molar-refractivity contribution in [2.45, 2.75) is 25.9 Å². The van der Waals surface area contributed by atoms with E-state index in [0.717, 1.165) is 11.0 Å². The van der Waals surface area contributed by atoms with Crippen molar-refractivity contribution in [3.8, 4) is 0 Å². The number of carbonyl (C=O) groups excluding carboxylic acids is 1. The highest BCUT2D eigenvalue weighted by Gasteiger charge is 2.20. The lowest BCUT2D eigenvalue weighted by Crippen LogP contribution is -3.11. The topological polar surface area (TPSA) is 30.7 Å². The van der Waals surface area contributed by atoms with Crippen LogP contribution in [0.15, 0.2) is 28.7 Å². The van der Waals surface area contributed by atoms with Gasteiger partial charge in [0.1, 0.15) is 12.6 Å². The fraction of sp³-hybridized carbons (Fsp3) is 0.500. The van der Waals surface area contributed by atoms with E-state index < -0.39 is 0 Å². The van der Waals surface area contributed by atoms with Crippen molar-refractivity contribution in [2.75, 3.05) is 19.6 Å². The van der Waals surface area contributed by atoms with Gasteiger partial charge >= 0.3 is 5.97 Å². The fourth-order valence-corrected chi connectivity index (χ4v) is 2.63. The Morgan fingerprint density at radius 3 is 2.56 bits per heavy atom. The first kappa shape index (κ1) is 13.6. The minimum atomic E-state index is -0.228. The maximum Gasteiger partial charge on any atom is 0.338 e. The molecule has 0 spiro atoms. The van der Waals surface area contributed by atoms with Crippen molar-refractivity contribution in [3.63, 3.8) is 0 Å². The fourth-order valence-electron chi connectivity index (χ4n) is 2.36. The zero-order valence-electron chi connectivity index (χ0n) is 10.6. The zero-order valence-corrected chi connectivity index (χ0v) is 12.2. The van der Waals surface area contributed by atoms with Crippen molar-refractivity contribution in [1.29, 1.82) is 0 Å². The average Bonchev–Trinajstić information content (AvgIpc) is 2.82. The minimum absolute atomic E-state index is 0.0192. The SMILES string of the molecule is C[C@H](C[NH+]1CCCC1)OC(=O)c1ccc(Br)cc1. The summed E-state index contributed by atoms with van der Waals surface area (Å²) >= 11 is 3.35. The molecule has 1 aliphatic rings. The molecule has 1 N–H and O–H groups in total. The van der Waals surface area contributed by atoms with E-state index in [0.29, 0.717) is 5.56 Å². The number of hydrogen-bond acceptors (Lipinski definition) is 2. The molecule has 1 fully saturated rings. The van der Waals surface area contributed by atoms with Crippen LogP contribution >= 0.6 is 15.9 Å². The van der Waals surface area contributed by atoms with E-state index in [1.165, 1.54) is 25.9 Å². The molecule has 18 heavy (non-hydrogen) atoms. The second-order valence-corrected chi connectivity index (χ2v) is 5.80. The van der Waals surface area contributed by atoms with Crippen LogP contribution in [-0.2, 0) is 4.74 Å². The molecule has 0 radical (unpaired) electrons. The Morgan fingerprint density at radius 1 is 1.33 bits per heavy atom. The maximum absolute atomic E-state index is 11.9. The molecule has 98 valence electrons. The van der Waals surface area contributed by atoms with E-state index in [2.05, 4.69) is 15.9 Å². The quantitative estimate of drug-likeness (QED) is 0.857. The first-order valence-electron chi connectivity index (χ1n) is 6.45. The molecule has 0 aliphatic carbocycles. The molecular weight excluding hydrogens is 294 g/mol. The summed E-state index contributed by atoms with van der Waals surface area (Å²) in [7, 11) is 0. The van der Waals surface area contributed by atoms with Gasteiger partial charge in [-0.15, -0.1) is 0 Å². The van der Waals surface area contributed by atoms with Gasteiger partial charge in [-0.1, -0.05) is 15.9 Å². The third kappa shape index (κ3) is 3.82. The van der Waals surface area contributed by atoms with Crippen molar-refractivity contribution < 1.29 is 14.4 Å². The molecule has 0 saturated carbocycles. The van der Waals surface area contributed by atoms with E-state index in [4.69, 9.17) is 4.74 Å². The number of rotatable bonds is 4. The average molecular weight is 313 g/mol. The van der Waals surface area contributed by atoms with E-state index in [9.17, 15) is 4.79 Å². The molecular formula is C14H19BrNO2+. The second kappa shape index (κ2) is 6.34. The van der Waals surface area contributed by atoms with Crippen LogP contribution in [-0.4, -0.2) is 31.7 Å². The molecule has 0 amide bonds. The first-order valence-corrected chi connectivity index (χ1v) is 7.24. The Bertz CT molecular complexity index is 399. The van der Waals surface area contributed by atoms with Crippen LogP contribution < -0.4 is 4.90 Å². The van der Waals surface area contributed by atoms with Crippen LogP contribution in [0.5, 0.6) is 0 Å². The molecule has 0 bridgehead atoms. The van der Waals surface area contributed by atoms with Crippen molar-refractivity contribution in [1.82, 2.24) is 0 Å². The predicted molar refractivity (Wildman–Crippen MR) is 73.8 cm³/mol. The van der Waals surface area contributed by atoms with Crippen LogP contribution in [0.25, 0.3) is 0 Å². The minimum Gasteiger partial charge on any atom is -0.453 e. The smallest absolute Gasteiger partial charge is 0.338 e. The normalized spacial score (nSPS) is 17.7. The summed E-state index contributed by atoms with van der Waals surface area (Å²) in [5.41, 5.74) is 0.612. The monoisotopic (exact) mass is 312 g/mol. The third-order valence-electron chi connectivity index (χ3n) is 3.27. The third-order valence-corrected chi connectivity index (χ3v) is 3.80. The van der Waals surface area contributed by atoms with Gasteiger partial charge < -0.3 is 9.64 Å². The van der Waals surface area contributed by atoms with Crippen LogP contribution in [0.2, 0.25) is 0 Å². The number of likely N-dealkylation sites (tertiary alicyclic amines) is 1. The zero-order chi connectivity index (χ0) is 13.0. The number of nitrogens with one attached hydrogen (secondary N) is 1. The van der Waals surface area contributed by atoms with Crippen LogP contribution in [0.3, 0.4) is 0 Å². The lowest BCUT2D eigenvalue weighted by atomic mass is 10.2. The van der Waals surface area contributed by atoms with Gasteiger partial charge in [0.05, 0.1) is 18.7 Å². The molecule has 1 saturated heterocycles. The first-order chi connectivity index (χ1) is 8.65. The number of ether oxygens (including phenoxy) is 1. The van der Waals surface area contributed by atoms with Gasteiger partial charge in [-0.05, 0) is 31.2 Å². The summed E-state index contributed by atoms with van der Waals surface area (Å²) in [6, 6.07) is 7.27. The molecule has 0 aromatic heterocycles.